The Morgan fingerprint density at radius 1 is 0.932 bits per heavy atom. The zero-order valence-electron chi connectivity index (χ0n) is 25.3. The first kappa shape index (κ1) is 32.7. The molecule has 0 spiro atoms. The first-order valence-corrected chi connectivity index (χ1v) is 16.8. The summed E-state index contributed by atoms with van der Waals surface area (Å²) >= 11 is 7.98. The third kappa shape index (κ3) is 8.31. The summed E-state index contributed by atoms with van der Waals surface area (Å²) in [5.41, 5.74) is 16.7. The van der Waals surface area contributed by atoms with E-state index in [-0.39, 0.29) is 23.5 Å². The lowest BCUT2D eigenvalue weighted by Crippen LogP contribution is -2.55. The molecule has 2 saturated heterocycles. The number of benzene rings is 3. The number of anilines is 1. The van der Waals surface area contributed by atoms with Crippen molar-refractivity contribution in [2.24, 2.45) is 11.7 Å². The Bertz CT molecular complexity index is 1420. The number of nitrogen functional groups attached to an aromatic ring is 1. The fourth-order valence-corrected chi connectivity index (χ4v) is 7.38. The van der Waals surface area contributed by atoms with E-state index in [1.165, 1.54) is 18.2 Å². The Kier molecular flexibility index (Phi) is 11.2. The SMILES string of the molecule is CCSc1cc(F)ccc1CN1CCN(C(=O)[C@H](N)C2CCN(CCc3cc(Cl)ccc3-c3cc(N)cc(F)c3)CC2)CC1. The predicted molar refractivity (Wildman–Crippen MR) is 177 cm³/mol. The molecule has 2 heterocycles. The van der Waals surface area contributed by atoms with Gasteiger partial charge in [0.2, 0.25) is 5.91 Å². The summed E-state index contributed by atoms with van der Waals surface area (Å²) in [4.78, 5) is 21.0. The minimum atomic E-state index is -0.494. The molecule has 6 nitrogen and oxygen atoms in total. The number of likely N-dealkylation sites (tertiary alicyclic amines) is 1. The van der Waals surface area contributed by atoms with Crippen LogP contribution < -0.4 is 11.5 Å². The molecule has 2 aliphatic heterocycles. The molecule has 236 valence electrons. The van der Waals surface area contributed by atoms with Crippen molar-refractivity contribution < 1.29 is 13.6 Å². The predicted octanol–water partition coefficient (Wildman–Crippen LogP) is 5.91. The second kappa shape index (κ2) is 15.1. The van der Waals surface area contributed by atoms with E-state index in [0.717, 1.165) is 91.4 Å². The highest BCUT2D eigenvalue weighted by molar-refractivity contribution is 7.99. The van der Waals surface area contributed by atoms with Gasteiger partial charge in [0.25, 0.3) is 0 Å². The molecule has 0 radical (unpaired) electrons. The van der Waals surface area contributed by atoms with Crippen molar-refractivity contribution in [3.05, 3.63) is 82.4 Å². The minimum absolute atomic E-state index is 0.0463. The summed E-state index contributed by atoms with van der Waals surface area (Å²) < 4.78 is 27.8. The van der Waals surface area contributed by atoms with Gasteiger partial charge in [-0.2, -0.15) is 0 Å². The average molecular weight is 642 g/mol. The van der Waals surface area contributed by atoms with E-state index in [2.05, 4.69) is 16.7 Å². The third-order valence-corrected chi connectivity index (χ3v) is 10.0. The first-order chi connectivity index (χ1) is 21.2. The molecule has 3 aromatic carbocycles. The summed E-state index contributed by atoms with van der Waals surface area (Å²) in [6.07, 6.45) is 2.51. The monoisotopic (exact) mass is 641 g/mol. The number of piperazine rings is 1. The molecule has 2 fully saturated rings. The van der Waals surface area contributed by atoms with Crippen molar-refractivity contribution in [1.82, 2.24) is 14.7 Å². The summed E-state index contributed by atoms with van der Waals surface area (Å²) in [5, 5.41) is 0.646. The van der Waals surface area contributed by atoms with Crippen molar-refractivity contribution >= 4 is 35.0 Å². The second-order valence-corrected chi connectivity index (χ2v) is 13.6. The zero-order valence-corrected chi connectivity index (χ0v) is 26.9. The quantitative estimate of drug-likeness (QED) is 0.212. The molecule has 0 saturated carbocycles. The van der Waals surface area contributed by atoms with Gasteiger partial charge in [0.15, 0.2) is 0 Å². The zero-order chi connectivity index (χ0) is 31.2. The lowest BCUT2D eigenvalue weighted by atomic mass is 9.88. The molecule has 4 N–H and O–H groups in total. The maximum atomic E-state index is 14.1. The van der Waals surface area contributed by atoms with E-state index in [0.29, 0.717) is 23.8 Å². The Labute approximate surface area is 268 Å². The number of piperidine rings is 1. The molecule has 0 aromatic heterocycles. The number of nitrogens with two attached hydrogens (primary N) is 2. The van der Waals surface area contributed by atoms with Crippen LogP contribution in [0, 0.1) is 17.6 Å². The van der Waals surface area contributed by atoms with Gasteiger partial charge in [0, 0.05) is 54.9 Å². The van der Waals surface area contributed by atoms with Gasteiger partial charge >= 0.3 is 0 Å². The van der Waals surface area contributed by atoms with Crippen LogP contribution in [0.4, 0.5) is 14.5 Å². The molecule has 44 heavy (non-hydrogen) atoms. The van der Waals surface area contributed by atoms with Crippen LogP contribution in [0.3, 0.4) is 0 Å². The fourth-order valence-electron chi connectivity index (χ4n) is 6.36. The van der Waals surface area contributed by atoms with Crippen LogP contribution in [0.2, 0.25) is 5.02 Å². The lowest BCUT2D eigenvalue weighted by molar-refractivity contribution is -0.136. The summed E-state index contributed by atoms with van der Waals surface area (Å²) in [6.45, 7) is 8.27. The van der Waals surface area contributed by atoms with Gasteiger partial charge in [-0.15, -0.1) is 11.8 Å². The standard InChI is InChI=1S/C34H42ClF2N5OS/c1-2-44-32-21-28(36)5-3-25(32)22-41-13-15-42(16-14-41)34(43)33(39)23-7-10-40(11-8-23)12-9-24-17-27(35)4-6-31(24)26-18-29(37)20-30(38)19-26/h3-6,17-21,23,33H,2,7-16,22,38-39H2,1H3/t33-/m1/s1. The molecular weight excluding hydrogens is 600 g/mol. The number of halogens is 3. The number of carbonyl (C=O) groups excluding carboxylic acids is 1. The number of nitrogens with zero attached hydrogens (tertiary/aromatic N) is 3. The van der Waals surface area contributed by atoms with Gasteiger partial charge in [-0.25, -0.2) is 8.78 Å². The second-order valence-electron chi connectivity index (χ2n) is 11.8. The van der Waals surface area contributed by atoms with Gasteiger partial charge in [-0.3, -0.25) is 9.69 Å². The van der Waals surface area contributed by atoms with E-state index in [1.54, 1.807) is 23.9 Å². The minimum Gasteiger partial charge on any atom is -0.399 e. The van der Waals surface area contributed by atoms with Crippen LogP contribution >= 0.6 is 23.4 Å². The summed E-state index contributed by atoms with van der Waals surface area (Å²) in [5.74, 6) is 0.528. The molecule has 10 heteroatoms. The van der Waals surface area contributed by atoms with E-state index in [4.69, 9.17) is 23.1 Å². The van der Waals surface area contributed by atoms with Crippen LogP contribution in [0.1, 0.15) is 30.9 Å². The van der Waals surface area contributed by atoms with E-state index in [1.807, 2.05) is 29.2 Å². The van der Waals surface area contributed by atoms with Gasteiger partial charge < -0.3 is 21.3 Å². The maximum absolute atomic E-state index is 14.1. The van der Waals surface area contributed by atoms with Crippen LogP contribution in [0.25, 0.3) is 11.1 Å². The number of rotatable bonds is 10. The topological polar surface area (TPSA) is 78.8 Å². The molecule has 1 atom stereocenters. The number of thioether (sulfide) groups is 1. The largest absolute Gasteiger partial charge is 0.399 e. The van der Waals surface area contributed by atoms with E-state index >= 15 is 0 Å². The molecular formula is C34H42ClF2N5OS. The highest BCUT2D eigenvalue weighted by Gasteiger charge is 2.33. The van der Waals surface area contributed by atoms with Crippen molar-refractivity contribution in [2.75, 3.05) is 57.3 Å². The number of amides is 1. The van der Waals surface area contributed by atoms with Crippen LogP contribution in [0.15, 0.2) is 59.5 Å². The Hall–Kier alpha value is -2.69. The van der Waals surface area contributed by atoms with Crippen LogP contribution in [-0.2, 0) is 17.8 Å². The van der Waals surface area contributed by atoms with E-state index < -0.39 is 6.04 Å². The molecule has 5 rings (SSSR count). The van der Waals surface area contributed by atoms with Gasteiger partial charge in [-0.05, 0) is 109 Å². The summed E-state index contributed by atoms with van der Waals surface area (Å²) in [6, 6.07) is 14.8. The van der Waals surface area contributed by atoms with Crippen molar-refractivity contribution in [3.8, 4) is 11.1 Å². The smallest absolute Gasteiger partial charge is 0.239 e. The molecule has 0 unspecified atom stereocenters. The van der Waals surface area contributed by atoms with Crippen molar-refractivity contribution in [2.45, 2.75) is 43.7 Å². The highest BCUT2D eigenvalue weighted by atomic mass is 35.5. The maximum Gasteiger partial charge on any atom is 0.239 e. The highest BCUT2D eigenvalue weighted by Crippen LogP contribution is 2.30. The molecule has 1 amide bonds. The Morgan fingerprint density at radius 3 is 2.39 bits per heavy atom. The van der Waals surface area contributed by atoms with Gasteiger partial charge in [-0.1, -0.05) is 30.7 Å². The van der Waals surface area contributed by atoms with Gasteiger partial charge in [0.1, 0.15) is 11.6 Å². The van der Waals surface area contributed by atoms with Crippen LogP contribution in [0.5, 0.6) is 0 Å². The van der Waals surface area contributed by atoms with Crippen molar-refractivity contribution in [3.63, 3.8) is 0 Å². The molecule has 2 aliphatic rings. The molecule has 3 aromatic rings. The van der Waals surface area contributed by atoms with Crippen molar-refractivity contribution in [1.29, 1.82) is 0 Å². The van der Waals surface area contributed by atoms with E-state index in [9.17, 15) is 13.6 Å². The third-order valence-electron chi connectivity index (χ3n) is 8.83. The first-order valence-electron chi connectivity index (χ1n) is 15.5. The Balaban J connectivity index is 1.09. The Morgan fingerprint density at radius 2 is 1.68 bits per heavy atom. The summed E-state index contributed by atoms with van der Waals surface area (Å²) in [7, 11) is 0. The molecule has 0 bridgehead atoms. The number of carbonyl (C=O) groups is 1. The number of hydrogen-bond donors (Lipinski definition) is 2. The average Bonchev–Trinajstić information content (AvgIpc) is 3.01. The molecule has 0 aliphatic carbocycles. The lowest BCUT2D eigenvalue weighted by Gasteiger charge is -2.39. The normalized spacial score (nSPS) is 17.6. The number of hydrogen-bond acceptors (Lipinski definition) is 6. The van der Waals surface area contributed by atoms with Crippen LogP contribution in [-0.4, -0.2) is 78.2 Å². The van der Waals surface area contributed by atoms with Gasteiger partial charge in [0.05, 0.1) is 6.04 Å². The fraction of sp³-hybridized carbons (Fsp3) is 0.441.